The lowest BCUT2D eigenvalue weighted by molar-refractivity contribution is 0.592. The average molecular weight is 346 g/mol. The Morgan fingerprint density at radius 3 is 2.17 bits per heavy atom. The molecular weight excluding hydrogens is 334 g/mol. The van der Waals surface area contributed by atoms with Gasteiger partial charge in [0.25, 0.3) is 0 Å². The van der Waals surface area contributed by atoms with Gasteiger partial charge in [-0.3, -0.25) is 0 Å². The van der Waals surface area contributed by atoms with Crippen molar-refractivity contribution in [2.24, 2.45) is 0 Å². The molecule has 0 spiro atoms. The molecule has 1 unspecified atom stereocenters. The molecule has 0 N–H and O–H groups in total. The molecule has 116 valence electrons. The van der Waals surface area contributed by atoms with Gasteiger partial charge in [0.15, 0.2) is 10.5 Å². The topological polar surface area (TPSA) is 72.8 Å². The second-order valence-electron chi connectivity index (χ2n) is 4.74. The number of hydrogen-bond donors (Lipinski definition) is 0. The van der Waals surface area contributed by atoms with E-state index in [0.717, 1.165) is 5.56 Å². The standard InChI is InChI=1S/C16H12ClN3O2S/c17-15(23(21,22)13-9-5-2-6-10-13)14-11-18-20-16(19-14)12-7-3-1-4-8-12/h1-11,15H. The van der Waals surface area contributed by atoms with Crippen molar-refractivity contribution < 1.29 is 8.42 Å². The predicted molar refractivity (Wildman–Crippen MR) is 87.5 cm³/mol. The van der Waals surface area contributed by atoms with E-state index in [2.05, 4.69) is 15.2 Å². The number of hydrogen-bond acceptors (Lipinski definition) is 5. The van der Waals surface area contributed by atoms with Crippen molar-refractivity contribution in [1.82, 2.24) is 15.2 Å². The van der Waals surface area contributed by atoms with Gasteiger partial charge < -0.3 is 0 Å². The molecular formula is C16H12ClN3O2S. The highest BCUT2D eigenvalue weighted by atomic mass is 35.5. The Morgan fingerprint density at radius 1 is 0.913 bits per heavy atom. The Kier molecular flexibility index (Phi) is 4.36. The van der Waals surface area contributed by atoms with Crippen LogP contribution in [0.1, 0.15) is 10.4 Å². The van der Waals surface area contributed by atoms with Gasteiger partial charge in [-0.2, -0.15) is 5.10 Å². The summed E-state index contributed by atoms with van der Waals surface area (Å²) in [6.07, 6.45) is 1.27. The van der Waals surface area contributed by atoms with Gasteiger partial charge in [0, 0.05) is 5.56 Å². The molecule has 3 rings (SSSR count). The van der Waals surface area contributed by atoms with Crippen molar-refractivity contribution in [3.63, 3.8) is 0 Å². The van der Waals surface area contributed by atoms with Crippen LogP contribution in [0.25, 0.3) is 11.4 Å². The monoisotopic (exact) mass is 345 g/mol. The minimum Gasteiger partial charge on any atom is -0.227 e. The number of aromatic nitrogens is 3. The number of sulfone groups is 1. The third-order valence-corrected chi connectivity index (χ3v) is 5.83. The van der Waals surface area contributed by atoms with Crippen molar-refractivity contribution >= 4 is 21.4 Å². The largest absolute Gasteiger partial charge is 0.227 e. The van der Waals surface area contributed by atoms with Crippen molar-refractivity contribution in [2.75, 3.05) is 0 Å². The lowest BCUT2D eigenvalue weighted by atomic mass is 10.2. The Bertz CT molecular complexity index is 903. The summed E-state index contributed by atoms with van der Waals surface area (Å²) in [4.78, 5) is 4.39. The minimum atomic E-state index is -3.76. The molecule has 5 nitrogen and oxygen atoms in total. The molecule has 7 heteroatoms. The molecule has 0 aliphatic heterocycles. The highest BCUT2D eigenvalue weighted by molar-refractivity contribution is 7.92. The fraction of sp³-hybridized carbons (Fsp3) is 0.0625. The molecule has 2 aromatic carbocycles. The summed E-state index contributed by atoms with van der Waals surface area (Å²) in [5.74, 6) is 0.331. The second kappa shape index (κ2) is 6.44. The first-order valence-electron chi connectivity index (χ1n) is 6.77. The van der Waals surface area contributed by atoms with E-state index in [1.807, 2.05) is 30.3 Å². The number of nitrogens with zero attached hydrogens (tertiary/aromatic N) is 3. The van der Waals surface area contributed by atoms with Crippen LogP contribution in [-0.2, 0) is 9.84 Å². The molecule has 0 aliphatic rings. The second-order valence-corrected chi connectivity index (χ2v) is 7.47. The van der Waals surface area contributed by atoms with Crippen LogP contribution in [-0.4, -0.2) is 23.6 Å². The molecule has 1 atom stereocenters. The first-order chi connectivity index (χ1) is 11.1. The van der Waals surface area contributed by atoms with Crippen LogP contribution in [0.4, 0.5) is 0 Å². The number of rotatable bonds is 4. The summed E-state index contributed by atoms with van der Waals surface area (Å²) < 4.78 is 23.8. The zero-order valence-corrected chi connectivity index (χ0v) is 13.4. The maximum Gasteiger partial charge on any atom is 0.200 e. The maximum atomic E-state index is 12.6. The van der Waals surface area contributed by atoms with Gasteiger partial charge in [-0.25, -0.2) is 13.4 Å². The van der Waals surface area contributed by atoms with Gasteiger partial charge >= 0.3 is 0 Å². The van der Waals surface area contributed by atoms with E-state index in [0.29, 0.717) is 5.82 Å². The van der Waals surface area contributed by atoms with E-state index in [1.165, 1.54) is 18.3 Å². The first-order valence-corrected chi connectivity index (χ1v) is 8.75. The van der Waals surface area contributed by atoms with Crippen molar-refractivity contribution in [1.29, 1.82) is 0 Å². The van der Waals surface area contributed by atoms with Crippen molar-refractivity contribution in [3.8, 4) is 11.4 Å². The fourth-order valence-corrected chi connectivity index (χ4v) is 3.64. The summed E-state index contributed by atoms with van der Waals surface area (Å²) in [6, 6.07) is 17.2. The third kappa shape index (κ3) is 3.23. The Labute approximate surface area is 138 Å². The number of halogens is 1. The first kappa shape index (κ1) is 15.6. The molecule has 0 saturated carbocycles. The van der Waals surface area contributed by atoms with E-state index in [9.17, 15) is 8.42 Å². The highest BCUT2D eigenvalue weighted by Crippen LogP contribution is 2.31. The average Bonchev–Trinajstić information content (AvgIpc) is 2.62. The Balaban J connectivity index is 1.99. The number of benzene rings is 2. The molecule has 0 bridgehead atoms. The normalized spacial score (nSPS) is 12.7. The van der Waals surface area contributed by atoms with Crippen LogP contribution in [0.15, 0.2) is 71.8 Å². The van der Waals surface area contributed by atoms with Gasteiger partial charge in [0.2, 0.25) is 9.84 Å². The summed E-state index contributed by atoms with van der Waals surface area (Å²) in [5, 5.41) is 7.76. The quantitative estimate of drug-likeness (QED) is 0.679. The molecule has 1 heterocycles. The van der Waals surface area contributed by atoms with E-state index in [-0.39, 0.29) is 10.6 Å². The summed E-state index contributed by atoms with van der Waals surface area (Å²) >= 11 is 6.17. The van der Waals surface area contributed by atoms with Crippen LogP contribution in [0.5, 0.6) is 0 Å². The van der Waals surface area contributed by atoms with E-state index >= 15 is 0 Å². The molecule has 1 aromatic heterocycles. The van der Waals surface area contributed by atoms with Crippen LogP contribution < -0.4 is 0 Å². The van der Waals surface area contributed by atoms with E-state index in [1.54, 1.807) is 18.2 Å². The minimum absolute atomic E-state index is 0.139. The Morgan fingerprint density at radius 2 is 1.52 bits per heavy atom. The number of alkyl halides is 1. The SMILES string of the molecule is O=S(=O)(c1ccccc1)C(Cl)c1cnnc(-c2ccccc2)n1. The van der Waals surface area contributed by atoms with Crippen LogP contribution in [0.2, 0.25) is 0 Å². The van der Waals surface area contributed by atoms with Crippen LogP contribution in [0, 0.1) is 0 Å². The summed E-state index contributed by atoms with van der Waals surface area (Å²) in [5.41, 5.74) is 0.882. The predicted octanol–water partition coefficient (Wildman–Crippen LogP) is 3.25. The van der Waals surface area contributed by atoms with Crippen molar-refractivity contribution in [2.45, 2.75) is 9.60 Å². The zero-order chi connectivity index (χ0) is 16.3. The van der Waals surface area contributed by atoms with Gasteiger partial charge in [-0.15, -0.1) is 5.10 Å². The highest BCUT2D eigenvalue weighted by Gasteiger charge is 2.29. The van der Waals surface area contributed by atoms with E-state index in [4.69, 9.17) is 11.6 Å². The maximum absolute atomic E-state index is 12.6. The molecule has 0 amide bonds. The third-order valence-electron chi connectivity index (χ3n) is 3.19. The summed E-state index contributed by atoms with van der Waals surface area (Å²) in [6.45, 7) is 0. The molecule has 0 saturated heterocycles. The molecule has 0 radical (unpaired) electrons. The molecule has 3 aromatic rings. The molecule has 0 aliphatic carbocycles. The van der Waals surface area contributed by atoms with Crippen LogP contribution >= 0.6 is 11.6 Å². The van der Waals surface area contributed by atoms with E-state index < -0.39 is 14.5 Å². The Hall–Kier alpha value is -2.31. The van der Waals surface area contributed by atoms with Gasteiger partial charge in [-0.1, -0.05) is 60.1 Å². The smallest absolute Gasteiger partial charge is 0.200 e. The lowest BCUT2D eigenvalue weighted by Gasteiger charge is -2.11. The van der Waals surface area contributed by atoms with Gasteiger partial charge in [0.05, 0.1) is 16.8 Å². The van der Waals surface area contributed by atoms with Gasteiger partial charge in [0.1, 0.15) is 0 Å². The zero-order valence-electron chi connectivity index (χ0n) is 11.9. The fourth-order valence-electron chi connectivity index (χ4n) is 2.02. The molecule has 0 fully saturated rings. The summed E-state index contributed by atoms with van der Waals surface area (Å²) in [7, 11) is -3.76. The van der Waals surface area contributed by atoms with Crippen molar-refractivity contribution in [3.05, 3.63) is 72.6 Å². The van der Waals surface area contributed by atoms with Gasteiger partial charge in [-0.05, 0) is 12.1 Å². The van der Waals surface area contributed by atoms with Crippen LogP contribution in [0.3, 0.4) is 0 Å². The molecule has 23 heavy (non-hydrogen) atoms. The lowest BCUT2D eigenvalue weighted by Crippen LogP contribution is -2.11.